The number of rotatable bonds is 5. The van der Waals surface area contributed by atoms with Crippen molar-refractivity contribution in [3.8, 4) is 0 Å². The Morgan fingerprint density at radius 3 is 2.59 bits per heavy atom. The summed E-state index contributed by atoms with van der Waals surface area (Å²) < 4.78 is 1.47. The van der Waals surface area contributed by atoms with Gasteiger partial charge < -0.3 is 11.1 Å². The fraction of sp³-hybridized carbons (Fsp3) is 0.727. The fourth-order valence-corrected chi connectivity index (χ4v) is 2.30. The van der Waals surface area contributed by atoms with Crippen LogP contribution in [0.25, 0.3) is 0 Å². The molecule has 1 aromatic rings. The summed E-state index contributed by atoms with van der Waals surface area (Å²) in [5, 5.41) is 7.03. The Hall–Kier alpha value is -1.59. The average Bonchev–Trinajstić information content (AvgIpc) is 3.17. The molecule has 0 aromatic carbocycles. The van der Waals surface area contributed by atoms with Crippen LogP contribution in [0.1, 0.15) is 25.7 Å². The maximum absolute atomic E-state index is 11.9. The molecule has 2 aliphatic carbocycles. The van der Waals surface area contributed by atoms with Crippen molar-refractivity contribution in [2.45, 2.75) is 38.3 Å². The predicted molar refractivity (Wildman–Crippen MR) is 61.8 cm³/mol. The number of carbonyl (C=O) groups is 1. The predicted octanol–water partition coefficient (Wildman–Crippen LogP) is 0.165. The second-order valence-corrected chi connectivity index (χ2v) is 5.07. The summed E-state index contributed by atoms with van der Waals surface area (Å²) in [4.78, 5) is 15.6. The van der Waals surface area contributed by atoms with E-state index in [9.17, 15) is 4.79 Å². The van der Waals surface area contributed by atoms with Crippen molar-refractivity contribution in [2.24, 2.45) is 11.8 Å². The second-order valence-electron chi connectivity index (χ2n) is 5.07. The first kappa shape index (κ1) is 10.6. The van der Waals surface area contributed by atoms with Crippen LogP contribution in [0.3, 0.4) is 0 Å². The van der Waals surface area contributed by atoms with E-state index in [0.29, 0.717) is 17.9 Å². The van der Waals surface area contributed by atoms with Gasteiger partial charge in [0.05, 0.1) is 0 Å². The molecule has 6 nitrogen and oxygen atoms in total. The number of anilines is 1. The van der Waals surface area contributed by atoms with Crippen LogP contribution in [0, 0.1) is 11.8 Å². The summed E-state index contributed by atoms with van der Waals surface area (Å²) in [6.07, 6.45) is 6.53. The van der Waals surface area contributed by atoms with Gasteiger partial charge in [-0.15, -0.1) is 5.10 Å². The molecule has 0 aliphatic heterocycles. The average molecular weight is 235 g/mol. The minimum absolute atomic E-state index is 0.0127. The first-order chi connectivity index (χ1) is 8.22. The van der Waals surface area contributed by atoms with Crippen LogP contribution in [0.15, 0.2) is 6.33 Å². The van der Waals surface area contributed by atoms with Gasteiger partial charge in [-0.25, -0.2) is 9.67 Å². The Bertz CT molecular complexity index is 409. The van der Waals surface area contributed by atoms with Gasteiger partial charge in [0, 0.05) is 6.04 Å². The molecule has 1 heterocycles. The lowest BCUT2D eigenvalue weighted by Crippen LogP contribution is -2.40. The molecule has 17 heavy (non-hydrogen) atoms. The molecule has 2 saturated carbocycles. The number of hydrogen-bond acceptors (Lipinski definition) is 4. The van der Waals surface area contributed by atoms with Crippen LogP contribution in [0.2, 0.25) is 0 Å². The van der Waals surface area contributed by atoms with E-state index in [2.05, 4.69) is 15.4 Å². The van der Waals surface area contributed by atoms with Crippen molar-refractivity contribution in [1.29, 1.82) is 0 Å². The molecule has 0 radical (unpaired) electrons. The van der Waals surface area contributed by atoms with Crippen molar-refractivity contribution in [2.75, 3.05) is 5.73 Å². The minimum Gasteiger partial charge on any atom is -0.367 e. The molecule has 1 aromatic heterocycles. The number of hydrogen-bond donors (Lipinski definition) is 2. The van der Waals surface area contributed by atoms with E-state index in [0.717, 1.165) is 0 Å². The molecule has 6 heteroatoms. The monoisotopic (exact) mass is 235 g/mol. The third-order valence-electron chi connectivity index (χ3n) is 3.45. The van der Waals surface area contributed by atoms with Gasteiger partial charge in [-0.3, -0.25) is 4.79 Å². The number of aromatic nitrogens is 3. The van der Waals surface area contributed by atoms with Gasteiger partial charge in [-0.1, -0.05) is 0 Å². The summed E-state index contributed by atoms with van der Waals surface area (Å²) >= 11 is 0. The van der Waals surface area contributed by atoms with Gasteiger partial charge in [0.25, 0.3) is 0 Å². The van der Waals surface area contributed by atoms with E-state index >= 15 is 0 Å². The molecule has 0 unspecified atom stereocenters. The van der Waals surface area contributed by atoms with Crippen molar-refractivity contribution in [3.63, 3.8) is 0 Å². The number of nitrogens with one attached hydrogen (secondary N) is 1. The number of nitrogens with two attached hydrogens (primary N) is 1. The number of carbonyl (C=O) groups excluding carboxylic acids is 1. The van der Waals surface area contributed by atoms with E-state index in [1.165, 1.54) is 36.7 Å². The Labute approximate surface area is 99.6 Å². The molecule has 0 saturated heterocycles. The molecule has 92 valence electrons. The summed E-state index contributed by atoms with van der Waals surface area (Å²) in [7, 11) is 0. The standard InChI is InChI=1S/C11H17N5O/c12-11-13-6-16(15-11)5-9(17)14-10(7-1-2-7)8-3-4-8/h6-8,10H,1-5H2,(H2,12,15)(H,14,17). The number of nitrogen functional groups attached to an aromatic ring is 1. The van der Waals surface area contributed by atoms with Crippen molar-refractivity contribution >= 4 is 11.9 Å². The first-order valence-electron chi connectivity index (χ1n) is 6.16. The van der Waals surface area contributed by atoms with Gasteiger partial charge in [0.2, 0.25) is 11.9 Å². The summed E-state index contributed by atoms with van der Waals surface area (Å²) in [5.41, 5.74) is 5.40. The van der Waals surface area contributed by atoms with Crippen LogP contribution >= 0.6 is 0 Å². The molecule has 0 bridgehead atoms. The topological polar surface area (TPSA) is 85.8 Å². The van der Waals surface area contributed by atoms with Crippen LogP contribution < -0.4 is 11.1 Å². The van der Waals surface area contributed by atoms with Crippen molar-refractivity contribution in [1.82, 2.24) is 20.1 Å². The Balaban J connectivity index is 1.55. The normalized spacial score (nSPS) is 19.6. The minimum atomic E-state index is 0.0127. The van der Waals surface area contributed by atoms with Crippen molar-refractivity contribution in [3.05, 3.63) is 6.33 Å². The highest BCUT2D eigenvalue weighted by atomic mass is 16.2. The Morgan fingerprint density at radius 2 is 2.12 bits per heavy atom. The fourth-order valence-electron chi connectivity index (χ4n) is 2.30. The van der Waals surface area contributed by atoms with Crippen molar-refractivity contribution < 1.29 is 4.79 Å². The van der Waals surface area contributed by atoms with E-state index in [1.54, 1.807) is 0 Å². The van der Waals surface area contributed by atoms with Gasteiger partial charge >= 0.3 is 0 Å². The molecule has 3 rings (SSSR count). The highest BCUT2D eigenvalue weighted by molar-refractivity contribution is 5.76. The quantitative estimate of drug-likeness (QED) is 0.761. The highest BCUT2D eigenvalue weighted by Gasteiger charge is 2.42. The smallest absolute Gasteiger partial charge is 0.242 e. The van der Waals surface area contributed by atoms with E-state index in [1.807, 2.05) is 0 Å². The zero-order chi connectivity index (χ0) is 11.8. The first-order valence-corrected chi connectivity index (χ1v) is 6.16. The molecule has 0 atom stereocenters. The molecule has 0 spiro atoms. The van der Waals surface area contributed by atoms with E-state index in [4.69, 9.17) is 5.73 Å². The van der Waals surface area contributed by atoms with E-state index < -0.39 is 0 Å². The zero-order valence-corrected chi connectivity index (χ0v) is 9.67. The van der Waals surface area contributed by atoms with Crippen LogP contribution in [-0.4, -0.2) is 26.7 Å². The lowest BCUT2D eigenvalue weighted by Gasteiger charge is -2.17. The summed E-state index contributed by atoms with van der Waals surface area (Å²) in [6, 6.07) is 0.392. The summed E-state index contributed by atoms with van der Waals surface area (Å²) in [6.45, 7) is 0.208. The second kappa shape index (κ2) is 4.01. The highest BCUT2D eigenvalue weighted by Crippen LogP contribution is 2.44. The molecular formula is C11H17N5O. The largest absolute Gasteiger partial charge is 0.367 e. The Kier molecular flexibility index (Phi) is 2.49. The zero-order valence-electron chi connectivity index (χ0n) is 9.67. The molecule has 1 amide bonds. The maximum Gasteiger partial charge on any atom is 0.242 e. The maximum atomic E-state index is 11.9. The third-order valence-corrected chi connectivity index (χ3v) is 3.45. The lowest BCUT2D eigenvalue weighted by molar-refractivity contribution is -0.122. The molecule has 2 fully saturated rings. The van der Waals surface area contributed by atoms with Gasteiger partial charge in [-0.05, 0) is 37.5 Å². The Morgan fingerprint density at radius 1 is 1.47 bits per heavy atom. The SMILES string of the molecule is Nc1ncn(CC(=O)NC(C2CC2)C2CC2)n1. The van der Waals surface area contributed by atoms with Gasteiger partial charge in [0.1, 0.15) is 12.9 Å². The van der Waals surface area contributed by atoms with Gasteiger partial charge in [-0.2, -0.15) is 0 Å². The van der Waals surface area contributed by atoms with E-state index in [-0.39, 0.29) is 18.4 Å². The third kappa shape index (κ3) is 2.57. The van der Waals surface area contributed by atoms with Crippen LogP contribution in [0.5, 0.6) is 0 Å². The molecule has 2 aliphatic rings. The lowest BCUT2D eigenvalue weighted by atomic mass is 10.1. The van der Waals surface area contributed by atoms with Gasteiger partial charge in [0.15, 0.2) is 0 Å². The van der Waals surface area contributed by atoms with Crippen LogP contribution in [-0.2, 0) is 11.3 Å². The molecular weight excluding hydrogens is 218 g/mol. The van der Waals surface area contributed by atoms with Crippen LogP contribution in [0.4, 0.5) is 5.95 Å². The summed E-state index contributed by atoms with van der Waals surface area (Å²) in [5.74, 6) is 1.65. The molecule has 3 N–H and O–H groups in total. The number of nitrogens with zero attached hydrogens (tertiary/aromatic N) is 3. The number of amides is 1.